The lowest BCUT2D eigenvalue weighted by Crippen LogP contribution is -2.54. The van der Waals surface area contributed by atoms with Crippen molar-refractivity contribution in [2.24, 2.45) is 5.73 Å². The number of thiophene rings is 1. The third kappa shape index (κ3) is 9.13. The molecule has 238 valence electrons. The van der Waals surface area contributed by atoms with Crippen molar-refractivity contribution in [2.75, 3.05) is 6.61 Å². The molecular weight excluding hydrogens is 570 g/mol. The van der Waals surface area contributed by atoms with E-state index in [0.717, 1.165) is 21.5 Å². The molecule has 2 aromatic heterocycles. The van der Waals surface area contributed by atoms with E-state index < -0.39 is 28.7 Å². The number of esters is 1. The minimum Gasteiger partial charge on any atom is -0.491 e. The first-order chi connectivity index (χ1) is 20.3. The fourth-order valence-corrected chi connectivity index (χ4v) is 5.56. The molecule has 0 unspecified atom stereocenters. The van der Waals surface area contributed by atoms with Gasteiger partial charge >= 0.3 is 11.7 Å². The SMILES string of the molecule is C=[OH+].CCCCCC.CCOC(=O)c1sc2c(c1C)c(=O)n(C(C)(C)C(N)=O)c(=O)n2CCc1ccccc1OC(C)C. The van der Waals surface area contributed by atoms with Crippen molar-refractivity contribution in [3.05, 3.63) is 61.1 Å². The first-order valence-corrected chi connectivity index (χ1v) is 15.5. The van der Waals surface area contributed by atoms with Crippen LogP contribution in [0.5, 0.6) is 5.75 Å². The van der Waals surface area contributed by atoms with Crippen LogP contribution in [0.4, 0.5) is 0 Å². The molecule has 1 aromatic carbocycles. The summed E-state index contributed by atoms with van der Waals surface area (Å²) in [5.41, 5.74) is 3.92. The Kier molecular flexibility index (Phi) is 15.1. The maximum Gasteiger partial charge on any atom is 0.348 e. The number of aryl methyl sites for hydroxylation is 3. The average molecular weight is 619 g/mol. The number of hydrogen-bond donors (Lipinski definition) is 1. The second-order valence-corrected chi connectivity index (χ2v) is 11.7. The van der Waals surface area contributed by atoms with Crippen molar-refractivity contribution in [1.82, 2.24) is 9.13 Å². The average Bonchev–Trinajstić information content (AvgIpc) is 3.31. The molecule has 0 saturated heterocycles. The van der Waals surface area contributed by atoms with Crippen LogP contribution in [0.25, 0.3) is 10.2 Å². The summed E-state index contributed by atoms with van der Waals surface area (Å²) in [4.78, 5) is 59.2. The van der Waals surface area contributed by atoms with Crippen LogP contribution in [0, 0.1) is 6.92 Å². The van der Waals surface area contributed by atoms with Crippen LogP contribution in [-0.4, -0.2) is 45.3 Å². The van der Waals surface area contributed by atoms with Crippen molar-refractivity contribution in [2.45, 2.75) is 106 Å². The lowest BCUT2D eigenvalue weighted by molar-refractivity contribution is -0.125. The molecule has 0 saturated carbocycles. The van der Waals surface area contributed by atoms with Gasteiger partial charge < -0.3 is 15.2 Å². The molecular formula is C32H48N3O7S+. The number of hydrogen-bond acceptors (Lipinski definition) is 7. The number of carbonyl (C=O) groups excluding carboxylic acids is 3. The van der Waals surface area contributed by atoms with Crippen LogP contribution in [0.2, 0.25) is 0 Å². The predicted molar refractivity (Wildman–Crippen MR) is 174 cm³/mol. The zero-order valence-electron chi connectivity index (χ0n) is 26.8. The molecule has 0 atom stereocenters. The number of para-hydroxylation sites is 1. The van der Waals surface area contributed by atoms with E-state index in [1.54, 1.807) is 13.8 Å². The monoisotopic (exact) mass is 618 g/mol. The number of amides is 1. The lowest BCUT2D eigenvalue weighted by atomic mass is 10.0. The predicted octanol–water partition coefficient (Wildman–Crippen LogP) is 5.34. The zero-order valence-corrected chi connectivity index (χ0v) is 27.6. The number of nitrogens with zero attached hydrogens (tertiary/aromatic N) is 2. The van der Waals surface area contributed by atoms with Gasteiger partial charge in [-0.3, -0.25) is 19.0 Å². The third-order valence-corrected chi connectivity index (χ3v) is 8.03. The van der Waals surface area contributed by atoms with Crippen LogP contribution in [0.3, 0.4) is 0 Å². The quantitative estimate of drug-likeness (QED) is 0.165. The molecule has 3 N–H and O–H groups in total. The summed E-state index contributed by atoms with van der Waals surface area (Å²) in [5.74, 6) is -0.690. The van der Waals surface area contributed by atoms with E-state index in [9.17, 15) is 19.2 Å². The molecule has 3 aromatic rings. The summed E-state index contributed by atoms with van der Waals surface area (Å²) in [6.45, 7) is 17.1. The molecule has 0 radical (unpaired) electrons. The van der Waals surface area contributed by atoms with Gasteiger partial charge in [-0.1, -0.05) is 57.7 Å². The van der Waals surface area contributed by atoms with Crippen molar-refractivity contribution in [3.8, 4) is 5.75 Å². The fraction of sp³-hybridized carbons (Fsp3) is 0.531. The largest absolute Gasteiger partial charge is 0.491 e. The maximum absolute atomic E-state index is 13.6. The molecule has 43 heavy (non-hydrogen) atoms. The van der Waals surface area contributed by atoms with Gasteiger partial charge in [-0.25, -0.2) is 14.2 Å². The Bertz CT molecular complexity index is 1480. The Morgan fingerprint density at radius 1 is 1.07 bits per heavy atom. The Balaban J connectivity index is 0.00000103. The maximum atomic E-state index is 13.6. The lowest BCUT2D eigenvalue weighted by Gasteiger charge is -2.24. The van der Waals surface area contributed by atoms with Gasteiger partial charge in [0.2, 0.25) is 5.91 Å². The minimum absolute atomic E-state index is 0.0315. The number of aromatic nitrogens is 2. The van der Waals surface area contributed by atoms with Crippen LogP contribution < -0.4 is 21.7 Å². The summed E-state index contributed by atoms with van der Waals surface area (Å²) in [6, 6.07) is 7.52. The topological polar surface area (TPSA) is 144 Å². The summed E-state index contributed by atoms with van der Waals surface area (Å²) in [7, 11) is 0. The summed E-state index contributed by atoms with van der Waals surface area (Å²) < 4.78 is 13.4. The standard InChI is InChI=1S/C25H31N3O6S.C6H14.CH2O/c1-7-33-22(30)19-15(4)18-20(29)28(25(5,6)23(26)31)24(32)27(21(18)35-19)13-12-16-10-8-9-11-17(16)34-14(2)3;1-3-5-6-4-2;1-2/h8-11,14H,7,12-13H2,1-6H3,(H2,26,31);3-6H2,1-2H3;1H2/p+1. The number of rotatable bonds is 12. The van der Waals surface area contributed by atoms with E-state index in [4.69, 9.17) is 20.0 Å². The highest BCUT2D eigenvalue weighted by molar-refractivity contribution is 7.20. The van der Waals surface area contributed by atoms with Crippen molar-refractivity contribution in [1.29, 1.82) is 0 Å². The highest BCUT2D eigenvalue weighted by Gasteiger charge is 2.34. The van der Waals surface area contributed by atoms with Crippen LogP contribution >= 0.6 is 11.3 Å². The van der Waals surface area contributed by atoms with Crippen molar-refractivity contribution in [3.63, 3.8) is 0 Å². The summed E-state index contributed by atoms with van der Waals surface area (Å²) >= 11 is 1.03. The van der Waals surface area contributed by atoms with Gasteiger partial charge in [0.05, 0.1) is 18.1 Å². The van der Waals surface area contributed by atoms with Crippen LogP contribution in [0.15, 0.2) is 33.9 Å². The van der Waals surface area contributed by atoms with Crippen LogP contribution in [0.1, 0.15) is 94.9 Å². The minimum atomic E-state index is -1.58. The first kappa shape index (κ1) is 37.3. The Morgan fingerprint density at radius 2 is 1.65 bits per heavy atom. The molecule has 11 heteroatoms. The number of primary amides is 1. The summed E-state index contributed by atoms with van der Waals surface area (Å²) in [5, 5.41) is 0.193. The van der Waals surface area contributed by atoms with E-state index in [1.165, 1.54) is 44.1 Å². The van der Waals surface area contributed by atoms with Gasteiger partial charge in [0.1, 0.15) is 21.0 Å². The van der Waals surface area contributed by atoms with Crippen LogP contribution in [-0.2, 0) is 28.0 Å². The highest BCUT2D eigenvalue weighted by atomic mass is 32.1. The van der Waals surface area contributed by atoms with Crippen molar-refractivity contribution < 1.29 is 23.9 Å². The Hall–Kier alpha value is -3.73. The van der Waals surface area contributed by atoms with Gasteiger partial charge in [0.25, 0.3) is 12.3 Å². The van der Waals surface area contributed by atoms with E-state index in [-0.39, 0.29) is 29.5 Å². The number of benzene rings is 1. The Morgan fingerprint density at radius 3 is 2.16 bits per heavy atom. The van der Waals surface area contributed by atoms with Crippen molar-refractivity contribution >= 4 is 40.2 Å². The molecule has 1 amide bonds. The summed E-state index contributed by atoms with van der Waals surface area (Å²) in [6.07, 6.45) is 5.92. The molecule has 0 aliphatic rings. The smallest absolute Gasteiger partial charge is 0.348 e. The molecule has 2 heterocycles. The number of fused-ring (bicyclic) bond motifs is 1. The first-order valence-electron chi connectivity index (χ1n) is 14.7. The normalized spacial score (nSPS) is 10.9. The van der Waals surface area contributed by atoms with E-state index in [2.05, 4.69) is 20.6 Å². The fourth-order valence-electron chi connectivity index (χ4n) is 4.35. The molecule has 0 spiro atoms. The molecule has 3 rings (SSSR count). The van der Waals surface area contributed by atoms with Gasteiger partial charge in [-0.05, 0) is 65.2 Å². The molecule has 10 nitrogen and oxygen atoms in total. The second-order valence-electron chi connectivity index (χ2n) is 10.7. The van der Waals surface area contributed by atoms with E-state index in [1.807, 2.05) is 38.1 Å². The number of unbranched alkanes of at least 4 members (excludes halogenated alkanes) is 3. The number of nitrogens with two attached hydrogens (primary N) is 1. The van der Waals surface area contributed by atoms with E-state index in [0.29, 0.717) is 22.6 Å². The van der Waals surface area contributed by atoms with Gasteiger partial charge in [-0.2, -0.15) is 0 Å². The van der Waals surface area contributed by atoms with Gasteiger partial charge in [0, 0.05) is 6.54 Å². The zero-order chi connectivity index (χ0) is 32.9. The van der Waals surface area contributed by atoms with E-state index >= 15 is 0 Å². The molecule has 0 aliphatic carbocycles. The van der Waals surface area contributed by atoms with Gasteiger partial charge in [-0.15, -0.1) is 11.3 Å². The second kappa shape index (κ2) is 17.4. The van der Waals surface area contributed by atoms with Gasteiger partial charge in [0.15, 0.2) is 0 Å². The molecule has 0 bridgehead atoms. The Labute approximate surface area is 257 Å². The molecule has 0 fully saturated rings. The highest BCUT2D eigenvalue weighted by Crippen LogP contribution is 2.30. The molecule has 0 aliphatic heterocycles. The third-order valence-electron chi connectivity index (χ3n) is 6.73. The number of carbonyl (C=O) groups is 2. The number of ether oxygens (including phenoxy) is 2.